The van der Waals surface area contributed by atoms with E-state index in [9.17, 15) is 5.11 Å². The van der Waals surface area contributed by atoms with Gasteiger partial charge < -0.3 is 5.11 Å². The van der Waals surface area contributed by atoms with Crippen LogP contribution in [0.15, 0.2) is 24.3 Å². The van der Waals surface area contributed by atoms with Gasteiger partial charge in [0.1, 0.15) is 5.75 Å². The number of benzene rings is 1. The number of halogens is 2. The molecule has 1 N–H and O–H groups in total. The molecular weight excluding hydrogens is 272 g/mol. The summed E-state index contributed by atoms with van der Waals surface area (Å²) in [4.78, 5) is 0. The van der Waals surface area contributed by atoms with Gasteiger partial charge in [-0.3, -0.25) is 0 Å². The molecule has 3 heteroatoms. The smallest absolute Gasteiger partial charge is 0.118 e. The van der Waals surface area contributed by atoms with E-state index in [-0.39, 0.29) is 3.74 Å². The molecule has 11 heavy (non-hydrogen) atoms. The molecule has 0 radical (unpaired) electrons. The van der Waals surface area contributed by atoms with E-state index in [1.807, 2.05) is 18.2 Å². The maximum atomic E-state index is 9.32. The minimum atomic E-state index is 0.225. The Labute approximate surface area is 82.7 Å². The molecule has 0 aliphatic rings. The number of phenolic OH excluding ortho intramolecular Hbond substituents is 1. The van der Waals surface area contributed by atoms with Crippen LogP contribution in [0.2, 0.25) is 0 Å². The zero-order valence-electron chi connectivity index (χ0n) is 5.80. The van der Waals surface area contributed by atoms with Gasteiger partial charge in [-0.05, 0) is 18.1 Å². The fourth-order valence-corrected chi connectivity index (χ4v) is 1.55. The van der Waals surface area contributed by atoms with Gasteiger partial charge in [0.15, 0.2) is 0 Å². The number of para-hydroxylation sites is 1. The molecule has 1 aromatic carbocycles. The maximum absolute atomic E-state index is 9.32. The summed E-state index contributed by atoms with van der Waals surface area (Å²) >= 11 is 6.70. The molecule has 0 atom stereocenters. The molecule has 0 saturated carbocycles. The zero-order chi connectivity index (χ0) is 8.27. The van der Waals surface area contributed by atoms with E-state index in [0.29, 0.717) is 5.75 Å². The number of hydrogen-bond acceptors (Lipinski definition) is 1. The summed E-state index contributed by atoms with van der Waals surface area (Å²) in [5.74, 6) is 0.358. The lowest BCUT2D eigenvalue weighted by Gasteiger charge is -2.03. The highest BCUT2D eigenvalue weighted by atomic mass is 79.9. The molecule has 60 valence electrons. The van der Waals surface area contributed by atoms with Crippen LogP contribution in [-0.4, -0.2) is 8.84 Å². The fourth-order valence-electron chi connectivity index (χ4n) is 0.850. The average Bonchev–Trinajstić information content (AvgIpc) is 1.93. The Kier molecular flexibility index (Phi) is 3.40. The second kappa shape index (κ2) is 4.12. The van der Waals surface area contributed by atoms with Crippen LogP contribution >= 0.6 is 31.9 Å². The summed E-state index contributed by atoms with van der Waals surface area (Å²) in [6, 6.07) is 7.33. The van der Waals surface area contributed by atoms with Crippen molar-refractivity contribution < 1.29 is 5.11 Å². The first-order chi connectivity index (χ1) is 5.20. The van der Waals surface area contributed by atoms with Gasteiger partial charge in [-0.15, -0.1) is 0 Å². The summed E-state index contributed by atoms with van der Waals surface area (Å²) in [6.07, 6.45) is 0.784. The van der Waals surface area contributed by atoms with Gasteiger partial charge >= 0.3 is 0 Å². The Hall–Kier alpha value is -0.0200. The first-order valence-corrected chi connectivity index (χ1v) is 5.08. The molecule has 0 saturated heterocycles. The number of hydrogen-bond donors (Lipinski definition) is 1. The summed E-state index contributed by atoms with van der Waals surface area (Å²) in [5, 5.41) is 9.32. The van der Waals surface area contributed by atoms with Crippen LogP contribution in [-0.2, 0) is 6.42 Å². The quantitative estimate of drug-likeness (QED) is 0.825. The van der Waals surface area contributed by atoms with Gasteiger partial charge in [0.2, 0.25) is 0 Å². The lowest BCUT2D eigenvalue weighted by molar-refractivity contribution is 0.469. The number of phenols is 1. The largest absolute Gasteiger partial charge is 0.508 e. The van der Waals surface area contributed by atoms with Gasteiger partial charge in [-0.2, -0.15) is 0 Å². The highest BCUT2D eigenvalue weighted by molar-refractivity contribution is 9.24. The van der Waals surface area contributed by atoms with Gasteiger partial charge in [0, 0.05) is 0 Å². The lowest BCUT2D eigenvalue weighted by atomic mass is 10.1. The van der Waals surface area contributed by atoms with Crippen LogP contribution in [0, 0.1) is 0 Å². The molecule has 0 fully saturated rings. The van der Waals surface area contributed by atoms with Gasteiger partial charge in [0.25, 0.3) is 0 Å². The van der Waals surface area contributed by atoms with Crippen LogP contribution < -0.4 is 0 Å². The summed E-state index contributed by atoms with van der Waals surface area (Å²) in [5.41, 5.74) is 0.950. The summed E-state index contributed by atoms with van der Waals surface area (Å²) in [6.45, 7) is 0. The molecule has 0 aromatic heterocycles. The Bertz CT molecular complexity index is 235. The Morgan fingerprint density at radius 1 is 1.27 bits per heavy atom. The van der Waals surface area contributed by atoms with Crippen LogP contribution in [0.5, 0.6) is 5.75 Å². The van der Waals surface area contributed by atoms with Gasteiger partial charge in [-0.1, -0.05) is 50.1 Å². The first-order valence-electron chi connectivity index (χ1n) is 3.25. The van der Waals surface area contributed by atoms with Crippen molar-refractivity contribution in [3.63, 3.8) is 0 Å². The van der Waals surface area contributed by atoms with Crippen molar-refractivity contribution in [2.75, 3.05) is 0 Å². The van der Waals surface area contributed by atoms with Crippen molar-refractivity contribution >= 4 is 31.9 Å². The standard InChI is InChI=1S/C8H8Br2O/c9-8(10)5-6-3-1-2-4-7(6)11/h1-4,8,11H,5H2. The minimum absolute atomic E-state index is 0.225. The van der Waals surface area contributed by atoms with E-state index < -0.39 is 0 Å². The van der Waals surface area contributed by atoms with Crippen molar-refractivity contribution in [2.45, 2.75) is 10.2 Å². The monoisotopic (exact) mass is 278 g/mol. The molecule has 0 bridgehead atoms. The third-order valence-corrected chi connectivity index (χ3v) is 2.01. The third-order valence-electron chi connectivity index (χ3n) is 1.37. The average molecular weight is 280 g/mol. The van der Waals surface area contributed by atoms with Crippen LogP contribution in [0.25, 0.3) is 0 Å². The second-order valence-electron chi connectivity index (χ2n) is 2.22. The van der Waals surface area contributed by atoms with E-state index in [1.165, 1.54) is 0 Å². The van der Waals surface area contributed by atoms with Crippen molar-refractivity contribution in [3.05, 3.63) is 29.8 Å². The molecular formula is C8H8Br2O. The predicted molar refractivity (Wildman–Crippen MR) is 53.5 cm³/mol. The molecule has 1 nitrogen and oxygen atoms in total. The summed E-state index contributed by atoms with van der Waals surface area (Å²) < 4.78 is 0.225. The first kappa shape index (κ1) is 9.07. The van der Waals surface area contributed by atoms with Gasteiger partial charge in [0.05, 0.1) is 3.74 Å². The van der Waals surface area contributed by atoms with Crippen LogP contribution in [0.1, 0.15) is 5.56 Å². The minimum Gasteiger partial charge on any atom is -0.508 e. The highest BCUT2D eigenvalue weighted by Gasteiger charge is 2.03. The van der Waals surface area contributed by atoms with Crippen molar-refractivity contribution in [1.82, 2.24) is 0 Å². The molecule has 1 aromatic rings. The number of alkyl halides is 2. The molecule has 0 amide bonds. The second-order valence-corrected chi connectivity index (χ2v) is 5.66. The Morgan fingerprint density at radius 3 is 2.45 bits per heavy atom. The Balaban J connectivity index is 2.78. The zero-order valence-corrected chi connectivity index (χ0v) is 8.97. The van der Waals surface area contributed by atoms with E-state index >= 15 is 0 Å². The SMILES string of the molecule is Oc1ccccc1CC(Br)Br. The maximum Gasteiger partial charge on any atom is 0.118 e. The van der Waals surface area contributed by atoms with Crippen LogP contribution in [0.3, 0.4) is 0 Å². The molecule has 0 spiro atoms. The van der Waals surface area contributed by atoms with E-state index in [4.69, 9.17) is 0 Å². The fraction of sp³-hybridized carbons (Fsp3) is 0.250. The number of aromatic hydroxyl groups is 1. The van der Waals surface area contributed by atoms with E-state index in [0.717, 1.165) is 12.0 Å². The van der Waals surface area contributed by atoms with E-state index in [2.05, 4.69) is 31.9 Å². The molecule has 0 heterocycles. The van der Waals surface area contributed by atoms with Gasteiger partial charge in [-0.25, -0.2) is 0 Å². The lowest BCUT2D eigenvalue weighted by Crippen LogP contribution is -1.92. The van der Waals surface area contributed by atoms with Crippen LogP contribution in [0.4, 0.5) is 0 Å². The van der Waals surface area contributed by atoms with Crippen molar-refractivity contribution in [1.29, 1.82) is 0 Å². The van der Waals surface area contributed by atoms with Crippen molar-refractivity contribution in [3.8, 4) is 5.75 Å². The molecule has 1 rings (SSSR count). The third kappa shape index (κ3) is 2.83. The van der Waals surface area contributed by atoms with E-state index in [1.54, 1.807) is 6.07 Å². The normalized spacial score (nSPS) is 10.5. The molecule has 0 aliphatic heterocycles. The topological polar surface area (TPSA) is 20.2 Å². The summed E-state index contributed by atoms with van der Waals surface area (Å²) in [7, 11) is 0. The number of rotatable bonds is 2. The molecule has 0 unspecified atom stereocenters. The predicted octanol–water partition coefficient (Wildman–Crippen LogP) is 3.05. The molecule has 0 aliphatic carbocycles. The Morgan fingerprint density at radius 2 is 1.91 bits per heavy atom. The highest BCUT2D eigenvalue weighted by Crippen LogP contribution is 2.22. The van der Waals surface area contributed by atoms with Crippen molar-refractivity contribution in [2.24, 2.45) is 0 Å².